The van der Waals surface area contributed by atoms with Crippen molar-refractivity contribution in [3.63, 3.8) is 0 Å². The third-order valence-corrected chi connectivity index (χ3v) is 11.0. The van der Waals surface area contributed by atoms with Crippen LogP contribution in [0.4, 0.5) is 17.1 Å². The molecule has 0 amide bonds. The Labute approximate surface area is 318 Å². The van der Waals surface area contributed by atoms with E-state index in [-0.39, 0.29) is 0 Å². The molecule has 3 heteroatoms. The number of para-hydroxylation sites is 2. The summed E-state index contributed by atoms with van der Waals surface area (Å²) in [5.41, 5.74) is 13.3. The monoisotopic (exact) mass is 702 g/mol. The lowest BCUT2D eigenvalue weighted by molar-refractivity contribution is 0.669. The first-order valence-corrected chi connectivity index (χ1v) is 18.8. The molecular weight excluding hydrogens is 669 g/mol. The highest BCUT2D eigenvalue weighted by Gasteiger charge is 2.19. The molecule has 0 aliphatic rings. The molecule has 2 aromatic heterocycles. The van der Waals surface area contributed by atoms with Gasteiger partial charge in [0.25, 0.3) is 0 Å². The molecule has 0 N–H and O–H groups in total. The first-order valence-electron chi connectivity index (χ1n) is 18.8. The largest absolute Gasteiger partial charge is 0.456 e. The number of aromatic nitrogens is 1. The van der Waals surface area contributed by atoms with Crippen molar-refractivity contribution in [3.8, 4) is 27.9 Å². The van der Waals surface area contributed by atoms with E-state index in [0.717, 1.165) is 55.8 Å². The maximum absolute atomic E-state index is 6.32. The van der Waals surface area contributed by atoms with Crippen molar-refractivity contribution in [2.75, 3.05) is 4.90 Å². The Balaban J connectivity index is 1.06. The molecule has 0 aliphatic carbocycles. The van der Waals surface area contributed by atoms with Gasteiger partial charge in [0.2, 0.25) is 0 Å². The number of benzene rings is 9. The Morgan fingerprint density at radius 3 is 1.85 bits per heavy atom. The number of furan rings is 1. The lowest BCUT2D eigenvalue weighted by Gasteiger charge is -2.26. The van der Waals surface area contributed by atoms with Gasteiger partial charge in [0, 0.05) is 33.2 Å². The van der Waals surface area contributed by atoms with E-state index in [9.17, 15) is 0 Å². The van der Waals surface area contributed by atoms with Gasteiger partial charge >= 0.3 is 0 Å². The zero-order valence-electron chi connectivity index (χ0n) is 29.9. The van der Waals surface area contributed by atoms with Gasteiger partial charge in [-0.1, -0.05) is 133 Å². The van der Waals surface area contributed by atoms with E-state index in [1.165, 1.54) is 43.8 Å². The molecule has 9 aromatic carbocycles. The highest BCUT2D eigenvalue weighted by Crippen LogP contribution is 2.42. The van der Waals surface area contributed by atoms with Crippen LogP contribution in [0.15, 0.2) is 211 Å². The van der Waals surface area contributed by atoms with E-state index in [0.29, 0.717) is 0 Å². The molecule has 258 valence electrons. The average Bonchev–Trinajstić information content (AvgIpc) is 3.80. The van der Waals surface area contributed by atoms with Gasteiger partial charge in [0.05, 0.1) is 22.1 Å². The molecule has 0 fully saturated rings. The molecule has 2 heterocycles. The second-order valence-electron chi connectivity index (χ2n) is 14.2. The second kappa shape index (κ2) is 12.6. The summed E-state index contributed by atoms with van der Waals surface area (Å²) in [5, 5.41) is 7.12. The Bertz CT molecular complexity index is 3210. The molecular formula is C52H34N2O. The predicted molar refractivity (Wildman–Crippen MR) is 231 cm³/mol. The molecule has 0 saturated carbocycles. The number of rotatable bonds is 6. The van der Waals surface area contributed by atoms with Crippen molar-refractivity contribution < 1.29 is 4.42 Å². The third kappa shape index (κ3) is 5.20. The maximum atomic E-state index is 6.32. The van der Waals surface area contributed by atoms with Gasteiger partial charge < -0.3 is 13.9 Å². The fourth-order valence-corrected chi connectivity index (χ4v) is 8.38. The average molecular weight is 703 g/mol. The Kier molecular flexibility index (Phi) is 7.17. The zero-order chi connectivity index (χ0) is 36.3. The van der Waals surface area contributed by atoms with E-state index < -0.39 is 0 Å². The standard InChI is InChI=1S/C52H34N2O/c1-2-12-35(13-3-1)37-24-28-41(29-25-37)53(43-30-26-36-14-4-5-15-38(36)32-43)42-17-10-16-39(33-42)40-27-31-48-46(34-40)44-18-6-8-20-47(44)54(48)49-21-11-23-51-52(49)45-19-7-9-22-50(45)55-51/h1-34H. The van der Waals surface area contributed by atoms with Gasteiger partial charge in [-0.15, -0.1) is 0 Å². The molecule has 0 saturated heterocycles. The van der Waals surface area contributed by atoms with Crippen molar-refractivity contribution in [2.24, 2.45) is 0 Å². The summed E-state index contributed by atoms with van der Waals surface area (Å²) >= 11 is 0. The van der Waals surface area contributed by atoms with Crippen LogP contribution in [0, 0.1) is 0 Å². The minimum atomic E-state index is 0.892. The maximum Gasteiger partial charge on any atom is 0.137 e. The van der Waals surface area contributed by atoms with Crippen molar-refractivity contribution in [2.45, 2.75) is 0 Å². The highest BCUT2D eigenvalue weighted by molar-refractivity contribution is 6.15. The van der Waals surface area contributed by atoms with Crippen molar-refractivity contribution in [1.82, 2.24) is 4.57 Å². The quantitative estimate of drug-likeness (QED) is 0.172. The summed E-state index contributed by atoms with van der Waals surface area (Å²) < 4.78 is 8.71. The summed E-state index contributed by atoms with van der Waals surface area (Å²) in [6.07, 6.45) is 0. The predicted octanol–water partition coefficient (Wildman–Crippen LogP) is 14.6. The second-order valence-corrected chi connectivity index (χ2v) is 14.2. The van der Waals surface area contributed by atoms with E-state index in [1.54, 1.807) is 0 Å². The molecule has 55 heavy (non-hydrogen) atoms. The SMILES string of the molecule is c1ccc(-c2ccc(N(c3cccc(-c4ccc5c(c4)c4ccccc4n5-c4cccc5oc6ccccc6c45)c3)c3ccc4ccccc4c3)cc2)cc1. The topological polar surface area (TPSA) is 21.3 Å². The van der Waals surface area contributed by atoms with E-state index in [4.69, 9.17) is 4.42 Å². The van der Waals surface area contributed by atoms with Gasteiger partial charge in [-0.25, -0.2) is 0 Å². The number of hydrogen-bond acceptors (Lipinski definition) is 2. The summed E-state index contributed by atoms with van der Waals surface area (Å²) in [7, 11) is 0. The van der Waals surface area contributed by atoms with Crippen LogP contribution in [0.5, 0.6) is 0 Å². The minimum absolute atomic E-state index is 0.892. The van der Waals surface area contributed by atoms with Gasteiger partial charge in [-0.3, -0.25) is 0 Å². The number of nitrogens with zero attached hydrogens (tertiary/aromatic N) is 2. The fraction of sp³-hybridized carbons (Fsp3) is 0. The molecule has 0 unspecified atom stereocenters. The molecule has 11 rings (SSSR count). The minimum Gasteiger partial charge on any atom is -0.456 e. The van der Waals surface area contributed by atoms with Crippen molar-refractivity contribution in [3.05, 3.63) is 206 Å². The Morgan fingerprint density at radius 2 is 0.964 bits per heavy atom. The first kappa shape index (κ1) is 31.2. The number of fused-ring (bicyclic) bond motifs is 7. The van der Waals surface area contributed by atoms with Crippen LogP contribution in [0.1, 0.15) is 0 Å². The Morgan fingerprint density at radius 1 is 0.345 bits per heavy atom. The number of hydrogen-bond donors (Lipinski definition) is 0. The lowest BCUT2D eigenvalue weighted by Crippen LogP contribution is -2.10. The highest BCUT2D eigenvalue weighted by atomic mass is 16.3. The van der Waals surface area contributed by atoms with E-state index in [2.05, 4.69) is 204 Å². The molecule has 0 spiro atoms. The van der Waals surface area contributed by atoms with Crippen molar-refractivity contribution >= 4 is 71.6 Å². The first-order chi connectivity index (χ1) is 27.3. The smallest absolute Gasteiger partial charge is 0.137 e. The third-order valence-electron chi connectivity index (χ3n) is 11.0. The molecule has 0 radical (unpaired) electrons. The summed E-state index contributed by atoms with van der Waals surface area (Å²) in [4.78, 5) is 2.37. The van der Waals surface area contributed by atoms with Crippen LogP contribution in [0.3, 0.4) is 0 Å². The van der Waals surface area contributed by atoms with E-state index >= 15 is 0 Å². The van der Waals surface area contributed by atoms with Gasteiger partial charge in [-0.2, -0.15) is 0 Å². The Hall–Kier alpha value is -7.36. The van der Waals surface area contributed by atoms with Crippen molar-refractivity contribution in [1.29, 1.82) is 0 Å². The molecule has 0 bridgehead atoms. The number of anilines is 3. The van der Waals surface area contributed by atoms with Gasteiger partial charge in [0.1, 0.15) is 11.2 Å². The summed E-state index contributed by atoms with van der Waals surface area (Å²) in [6.45, 7) is 0. The summed E-state index contributed by atoms with van der Waals surface area (Å²) in [5.74, 6) is 0. The van der Waals surface area contributed by atoms with Crippen LogP contribution < -0.4 is 4.90 Å². The lowest BCUT2D eigenvalue weighted by atomic mass is 10.0. The van der Waals surface area contributed by atoms with Crippen LogP contribution >= 0.6 is 0 Å². The van der Waals surface area contributed by atoms with Gasteiger partial charge in [0.15, 0.2) is 0 Å². The molecule has 11 aromatic rings. The van der Waals surface area contributed by atoms with E-state index in [1.807, 2.05) is 12.1 Å². The zero-order valence-corrected chi connectivity index (χ0v) is 29.9. The van der Waals surface area contributed by atoms with Crippen LogP contribution in [0.2, 0.25) is 0 Å². The van der Waals surface area contributed by atoms with Gasteiger partial charge in [-0.05, 0) is 106 Å². The normalized spacial score (nSPS) is 11.6. The molecule has 0 aliphatic heterocycles. The van der Waals surface area contributed by atoms with Crippen LogP contribution in [0.25, 0.3) is 82.5 Å². The molecule has 3 nitrogen and oxygen atoms in total. The summed E-state index contributed by atoms with van der Waals surface area (Å²) in [6, 6.07) is 74.0. The fourth-order valence-electron chi connectivity index (χ4n) is 8.38. The van der Waals surface area contributed by atoms with Crippen LogP contribution in [-0.2, 0) is 0 Å². The van der Waals surface area contributed by atoms with Crippen LogP contribution in [-0.4, -0.2) is 4.57 Å². The molecule has 0 atom stereocenters.